The summed E-state index contributed by atoms with van der Waals surface area (Å²) in [5.41, 5.74) is 8.76. The van der Waals surface area contributed by atoms with Crippen molar-refractivity contribution in [1.82, 2.24) is 47.4 Å². The summed E-state index contributed by atoms with van der Waals surface area (Å²) in [5, 5.41) is 50.0. The van der Waals surface area contributed by atoms with E-state index in [0.717, 1.165) is 23.3 Å². The highest BCUT2D eigenvalue weighted by atomic mass is 32.2. The van der Waals surface area contributed by atoms with Crippen LogP contribution in [0.2, 0.25) is 0 Å². The van der Waals surface area contributed by atoms with Crippen LogP contribution in [0.3, 0.4) is 0 Å². The van der Waals surface area contributed by atoms with Crippen LogP contribution in [-0.2, 0) is 65.6 Å². The summed E-state index contributed by atoms with van der Waals surface area (Å²) in [5.74, 6) is -11.5. The van der Waals surface area contributed by atoms with Crippen molar-refractivity contribution in [3.63, 3.8) is 0 Å². The molecule has 0 radical (unpaired) electrons. The van der Waals surface area contributed by atoms with E-state index in [1.165, 1.54) is 55.4 Å². The van der Waals surface area contributed by atoms with Gasteiger partial charge in [0.2, 0.25) is 59.1 Å². The molecular weight excluding hydrogens is 1080 g/mol. The lowest BCUT2D eigenvalue weighted by molar-refractivity contribution is -0.143. The number of amides is 10. The molecule has 2 saturated heterocycles. The van der Waals surface area contributed by atoms with Gasteiger partial charge >= 0.3 is 5.97 Å². The second-order valence-electron chi connectivity index (χ2n) is 20.7. The minimum absolute atomic E-state index is 0.0147. The zero-order valence-electron chi connectivity index (χ0n) is 47.0. The molecule has 2 fully saturated rings. The number of nitrogens with two attached hydrogens (primary N) is 1. The van der Waals surface area contributed by atoms with E-state index in [0.29, 0.717) is 22.6 Å². The Kier molecular flexibility index (Phi) is 26.8. The molecule has 0 aliphatic carbocycles. The van der Waals surface area contributed by atoms with E-state index >= 15 is 0 Å². The summed E-state index contributed by atoms with van der Waals surface area (Å²) in [7, 11) is 0. The predicted molar refractivity (Wildman–Crippen MR) is 302 cm³/mol. The molecule has 448 valence electrons. The van der Waals surface area contributed by atoms with E-state index in [1.54, 1.807) is 30.5 Å². The summed E-state index contributed by atoms with van der Waals surface area (Å²) in [4.78, 5) is 153. The Morgan fingerprint density at radius 3 is 1.82 bits per heavy atom. The fourth-order valence-electron chi connectivity index (χ4n) is 8.87. The van der Waals surface area contributed by atoms with Crippen molar-refractivity contribution in [2.75, 3.05) is 38.3 Å². The predicted octanol–water partition coefficient (Wildman–Crippen LogP) is -0.485. The molecule has 2 aromatic carbocycles. The van der Waals surface area contributed by atoms with Crippen molar-refractivity contribution in [2.45, 2.75) is 141 Å². The van der Waals surface area contributed by atoms with Gasteiger partial charge in [-0.2, -0.15) is 11.8 Å². The van der Waals surface area contributed by atoms with Crippen LogP contribution in [0.25, 0.3) is 0 Å². The number of carbonyl (C=O) groups excluding carboxylic acids is 10. The number of nitrogens with one attached hydrogen (secondary N) is 8. The third-order valence-corrected chi connectivity index (χ3v) is 14.0. The van der Waals surface area contributed by atoms with Gasteiger partial charge in [0.05, 0.1) is 26.0 Å². The number of thioether (sulfide) groups is 1. The van der Waals surface area contributed by atoms with Gasteiger partial charge in [0.15, 0.2) is 0 Å². The number of allylic oxidation sites excluding steroid dienone is 3. The molecule has 2 aromatic rings. The number of rotatable bonds is 19. The molecular formula is C56H78N10O15S. The first-order valence-corrected chi connectivity index (χ1v) is 28.4. The first kappa shape index (κ1) is 66.5. The number of primary amides is 1. The van der Waals surface area contributed by atoms with Crippen LogP contribution in [0.15, 0.2) is 71.8 Å². The van der Waals surface area contributed by atoms with Gasteiger partial charge in [-0.05, 0) is 112 Å². The molecule has 82 heavy (non-hydrogen) atoms. The summed E-state index contributed by atoms with van der Waals surface area (Å²) in [6, 6.07) is -0.540. The lowest BCUT2D eigenvalue weighted by Gasteiger charge is -2.31. The van der Waals surface area contributed by atoms with Crippen molar-refractivity contribution in [3.8, 4) is 11.5 Å². The quantitative estimate of drug-likeness (QED) is 0.0790. The van der Waals surface area contributed by atoms with Gasteiger partial charge < -0.3 is 73.2 Å². The number of aromatic hydroxyl groups is 1. The number of carbonyl (C=O) groups is 11. The number of fused-ring (bicyclic) bond motifs is 1. The minimum atomic E-state index is -1.89. The van der Waals surface area contributed by atoms with Crippen LogP contribution < -0.4 is 53.0 Å². The number of nitrogens with zero attached hydrogens (tertiary/aromatic N) is 1. The van der Waals surface area contributed by atoms with E-state index in [4.69, 9.17) is 10.5 Å². The molecule has 0 saturated carbocycles. The van der Waals surface area contributed by atoms with Gasteiger partial charge in [-0.25, -0.2) is 0 Å². The Balaban J connectivity index is 1.81. The zero-order valence-corrected chi connectivity index (χ0v) is 47.9. The highest BCUT2D eigenvalue weighted by molar-refractivity contribution is 7.98. The number of phenolic OH excluding ortho intramolecular Hbond substituents is 1. The van der Waals surface area contributed by atoms with Crippen LogP contribution >= 0.6 is 11.8 Å². The van der Waals surface area contributed by atoms with Crippen LogP contribution in [-0.4, -0.2) is 172 Å². The molecule has 4 rings (SSSR count). The molecule has 10 amide bonds. The summed E-state index contributed by atoms with van der Waals surface area (Å²) < 4.78 is 5.94. The summed E-state index contributed by atoms with van der Waals surface area (Å²) in [6.07, 6.45) is 5.48. The second kappa shape index (κ2) is 33.1. The zero-order chi connectivity index (χ0) is 60.6. The van der Waals surface area contributed by atoms with E-state index in [2.05, 4.69) is 48.6 Å². The van der Waals surface area contributed by atoms with Crippen molar-refractivity contribution >= 4 is 76.8 Å². The van der Waals surface area contributed by atoms with E-state index in [1.807, 2.05) is 26.8 Å². The van der Waals surface area contributed by atoms with Crippen molar-refractivity contribution in [2.24, 2.45) is 11.7 Å². The fraction of sp³-hybridized carbons (Fsp3) is 0.518. The lowest BCUT2D eigenvalue weighted by Crippen LogP contribution is -2.61. The molecule has 13 N–H and O–H groups in total. The number of phenols is 1. The number of ether oxygens (including phenoxy) is 1. The number of aliphatic hydroxyl groups excluding tert-OH is 1. The summed E-state index contributed by atoms with van der Waals surface area (Å²) >= 11 is 1.33. The Morgan fingerprint density at radius 2 is 1.26 bits per heavy atom. The van der Waals surface area contributed by atoms with Crippen LogP contribution in [0.1, 0.15) is 90.7 Å². The average Bonchev–Trinajstić information content (AvgIpc) is 4.13. The highest BCUT2D eigenvalue weighted by Gasteiger charge is 2.41. The maximum Gasteiger partial charge on any atom is 0.305 e. The first-order chi connectivity index (χ1) is 38.9. The topological polar surface area (TPSA) is 383 Å². The number of hydrogen-bond donors (Lipinski definition) is 12. The maximum absolute atomic E-state index is 14.8. The molecule has 0 aromatic heterocycles. The van der Waals surface area contributed by atoms with Crippen LogP contribution in [0.5, 0.6) is 11.5 Å². The monoisotopic (exact) mass is 1160 g/mol. The van der Waals surface area contributed by atoms with E-state index < -0.39 is 145 Å². The van der Waals surface area contributed by atoms with Gasteiger partial charge in [-0.1, -0.05) is 55.3 Å². The number of aliphatic carboxylic acids is 1. The third-order valence-electron chi connectivity index (χ3n) is 13.4. The minimum Gasteiger partial charge on any atom is -0.508 e. The van der Waals surface area contributed by atoms with E-state index in [9.17, 15) is 68.1 Å². The fourth-order valence-corrected chi connectivity index (χ4v) is 9.34. The van der Waals surface area contributed by atoms with Crippen molar-refractivity contribution < 1.29 is 72.8 Å². The van der Waals surface area contributed by atoms with Crippen LogP contribution in [0.4, 0.5) is 0 Å². The number of carboxylic acids is 1. The van der Waals surface area contributed by atoms with Crippen LogP contribution in [0, 0.1) is 5.92 Å². The molecule has 8 unspecified atom stereocenters. The molecule has 25 nitrogen and oxygen atoms in total. The van der Waals surface area contributed by atoms with Crippen molar-refractivity contribution in [3.05, 3.63) is 83.0 Å². The number of carboxylic acid groups (broad SMARTS) is 1. The second-order valence-corrected chi connectivity index (χ2v) is 21.7. The van der Waals surface area contributed by atoms with Gasteiger partial charge in [-0.3, -0.25) is 52.7 Å². The standard InChI is InChI=1S/C56H78N10O15S/c1-31(2)9-7-10-33(5)20-23-81-37-18-14-35(15-19-37)26-39-51(75)60-40(25-34-12-16-36(68)17-13-34)52(76)63-42(27-45(57)69)56(80)66-22-8-11-44(66)54(78)59-38(21-24-82-6)50(74)64-43(30-67)49(73)58-29-46(70)65-48(32(3)4)55(79)62-41(28-47(71)72)53(77)61-39/h9,12-20,32,38-44,48,67-68H,7-8,10-11,21-30H2,1-6H3,(H2,57,69)(H,58,73)(H,59,78)(H,60,75)(H,61,77)(H,62,79)(H,63,76)(H,64,74)(H,65,70)(H,71,72). The van der Waals surface area contributed by atoms with Gasteiger partial charge in [-0.15, -0.1) is 0 Å². The molecule has 2 heterocycles. The molecule has 2 aliphatic rings. The largest absolute Gasteiger partial charge is 0.508 e. The summed E-state index contributed by atoms with van der Waals surface area (Å²) in [6.45, 7) is 7.57. The maximum atomic E-state index is 14.8. The Hall–Kier alpha value is -8.00. The normalized spacial score (nSPS) is 23.3. The Labute approximate surface area is 480 Å². The average molecular weight is 1160 g/mol. The van der Waals surface area contributed by atoms with Gasteiger partial charge in [0.1, 0.15) is 66.4 Å². The van der Waals surface area contributed by atoms with Crippen molar-refractivity contribution in [1.29, 1.82) is 0 Å². The molecule has 0 spiro atoms. The smallest absolute Gasteiger partial charge is 0.305 e. The first-order valence-electron chi connectivity index (χ1n) is 27.0. The molecule has 0 bridgehead atoms. The molecule has 26 heteroatoms. The highest BCUT2D eigenvalue weighted by Crippen LogP contribution is 2.21. The number of aliphatic hydroxyl groups is 1. The Bertz CT molecular complexity index is 2660. The SMILES string of the molecule is CSCCC1NC(=O)C2CCCN2C(=O)C(CC(N)=O)NC(=O)C(Cc2ccc(O)cc2)NC(=O)C(Cc2ccc(OCC=C(C)CCC=C(C)C)cc2)NC(=O)C(CC(=O)O)NC(=O)C(C(C)C)NC(=O)CNC(=O)C(CO)NC1=O. The number of benzene rings is 2. The lowest BCUT2D eigenvalue weighted by atomic mass is 10.0. The Morgan fingerprint density at radius 1 is 0.707 bits per heavy atom. The van der Waals surface area contributed by atoms with Gasteiger partial charge in [0.25, 0.3) is 0 Å². The van der Waals surface area contributed by atoms with E-state index in [-0.39, 0.29) is 51.0 Å². The molecule has 2 aliphatic heterocycles. The van der Waals surface area contributed by atoms with Gasteiger partial charge in [0, 0.05) is 19.4 Å². The number of hydrogen-bond acceptors (Lipinski definition) is 15. The third kappa shape index (κ3) is 21.8. The molecule has 8 atom stereocenters.